The normalized spacial score (nSPS) is 48.8. The van der Waals surface area contributed by atoms with Crippen LogP contribution in [0.2, 0.25) is 0 Å². The van der Waals surface area contributed by atoms with Crippen LogP contribution >= 0.6 is 0 Å². The number of esters is 1. The highest BCUT2D eigenvalue weighted by atomic mass is 16.6. The van der Waals surface area contributed by atoms with Gasteiger partial charge in [-0.05, 0) is 37.8 Å². The van der Waals surface area contributed by atoms with Crippen molar-refractivity contribution in [1.82, 2.24) is 0 Å². The van der Waals surface area contributed by atoms with Gasteiger partial charge in [0.1, 0.15) is 11.7 Å². The van der Waals surface area contributed by atoms with Gasteiger partial charge in [0.25, 0.3) is 0 Å². The summed E-state index contributed by atoms with van der Waals surface area (Å²) in [5, 5.41) is 11.1. The third-order valence-electron chi connectivity index (χ3n) is 5.88. The van der Waals surface area contributed by atoms with Gasteiger partial charge >= 0.3 is 5.97 Å². The van der Waals surface area contributed by atoms with E-state index in [1.807, 2.05) is 6.92 Å². The van der Waals surface area contributed by atoms with E-state index in [-0.39, 0.29) is 29.5 Å². The number of ether oxygens (including phenoxy) is 2. The highest BCUT2D eigenvalue weighted by Crippen LogP contribution is 2.56. The van der Waals surface area contributed by atoms with E-state index >= 15 is 0 Å². The van der Waals surface area contributed by atoms with Crippen LogP contribution in [0.3, 0.4) is 0 Å². The molecule has 0 bridgehead atoms. The SMILES string of the molecule is COCC1C(=O)OC2C1CCC(C)C1(O)C=CC(=O)C21C. The molecule has 0 spiro atoms. The van der Waals surface area contributed by atoms with Gasteiger partial charge in [0, 0.05) is 13.0 Å². The van der Waals surface area contributed by atoms with E-state index in [0.29, 0.717) is 6.61 Å². The fourth-order valence-electron chi connectivity index (χ4n) is 4.41. The first-order valence-electron chi connectivity index (χ1n) is 7.51. The number of hydrogen-bond donors (Lipinski definition) is 1. The summed E-state index contributed by atoms with van der Waals surface area (Å²) >= 11 is 0. The van der Waals surface area contributed by atoms with Gasteiger partial charge in [-0.1, -0.05) is 6.92 Å². The van der Waals surface area contributed by atoms with Gasteiger partial charge in [-0.25, -0.2) is 0 Å². The van der Waals surface area contributed by atoms with Gasteiger partial charge in [-0.15, -0.1) is 0 Å². The molecule has 0 amide bonds. The minimum atomic E-state index is -1.24. The predicted octanol–water partition coefficient (Wildman–Crippen LogP) is 1.10. The zero-order valence-corrected chi connectivity index (χ0v) is 12.7. The van der Waals surface area contributed by atoms with Crippen LogP contribution in [0.4, 0.5) is 0 Å². The Kier molecular flexibility index (Phi) is 3.26. The minimum absolute atomic E-state index is 0.0577. The molecular formula is C16H22O5. The Balaban J connectivity index is 2.06. The largest absolute Gasteiger partial charge is 0.461 e. The average molecular weight is 294 g/mol. The third kappa shape index (κ3) is 1.70. The number of hydrogen-bond acceptors (Lipinski definition) is 5. The quantitative estimate of drug-likeness (QED) is 0.772. The smallest absolute Gasteiger partial charge is 0.312 e. The van der Waals surface area contributed by atoms with E-state index in [4.69, 9.17) is 9.47 Å². The number of aliphatic hydroxyl groups is 1. The molecule has 3 aliphatic rings. The van der Waals surface area contributed by atoms with Crippen molar-refractivity contribution < 1.29 is 24.2 Å². The summed E-state index contributed by atoms with van der Waals surface area (Å²) in [6.45, 7) is 3.98. The average Bonchev–Trinajstić information content (AvgIpc) is 2.86. The van der Waals surface area contributed by atoms with Crippen molar-refractivity contribution in [2.75, 3.05) is 13.7 Å². The predicted molar refractivity (Wildman–Crippen MR) is 74.3 cm³/mol. The molecule has 21 heavy (non-hydrogen) atoms. The number of ketones is 1. The van der Waals surface area contributed by atoms with Gasteiger partial charge in [0.15, 0.2) is 5.78 Å². The topological polar surface area (TPSA) is 72.8 Å². The van der Waals surface area contributed by atoms with E-state index in [9.17, 15) is 14.7 Å². The summed E-state index contributed by atoms with van der Waals surface area (Å²) in [6.07, 6.45) is 3.96. The van der Waals surface area contributed by atoms with Crippen molar-refractivity contribution in [3.05, 3.63) is 12.2 Å². The lowest BCUT2D eigenvalue weighted by Crippen LogP contribution is -2.56. The lowest BCUT2D eigenvalue weighted by molar-refractivity contribution is -0.166. The molecule has 0 aromatic heterocycles. The fourth-order valence-corrected chi connectivity index (χ4v) is 4.41. The molecule has 0 aromatic rings. The molecule has 2 fully saturated rings. The second-order valence-corrected chi connectivity index (χ2v) is 6.79. The van der Waals surface area contributed by atoms with Gasteiger partial charge in [0.2, 0.25) is 0 Å². The highest BCUT2D eigenvalue weighted by molar-refractivity contribution is 6.00. The summed E-state index contributed by atoms with van der Waals surface area (Å²) in [5.74, 6) is -0.954. The van der Waals surface area contributed by atoms with Gasteiger partial charge in [-0.3, -0.25) is 9.59 Å². The lowest BCUT2D eigenvalue weighted by Gasteiger charge is -2.43. The Morgan fingerprint density at radius 2 is 2.14 bits per heavy atom. The second-order valence-electron chi connectivity index (χ2n) is 6.79. The molecule has 116 valence electrons. The van der Waals surface area contributed by atoms with Crippen molar-refractivity contribution in [2.45, 2.75) is 38.4 Å². The molecule has 1 saturated carbocycles. The number of allylic oxidation sites excluding steroid dienone is 1. The number of fused-ring (bicyclic) bond motifs is 3. The highest BCUT2D eigenvalue weighted by Gasteiger charge is 2.67. The molecule has 0 radical (unpaired) electrons. The van der Waals surface area contributed by atoms with E-state index < -0.39 is 17.1 Å². The van der Waals surface area contributed by atoms with Crippen LogP contribution in [0.1, 0.15) is 26.7 Å². The van der Waals surface area contributed by atoms with Crippen molar-refractivity contribution in [3.63, 3.8) is 0 Å². The maximum Gasteiger partial charge on any atom is 0.312 e. The zero-order chi connectivity index (χ0) is 15.4. The molecule has 1 N–H and O–H groups in total. The molecule has 3 rings (SSSR count). The Morgan fingerprint density at radius 1 is 1.43 bits per heavy atom. The van der Waals surface area contributed by atoms with Gasteiger partial charge in [0.05, 0.1) is 17.9 Å². The summed E-state index contributed by atoms with van der Waals surface area (Å²) in [6, 6.07) is 0. The Labute approximate surface area is 124 Å². The molecular weight excluding hydrogens is 272 g/mol. The maximum atomic E-state index is 12.5. The Bertz CT molecular complexity index is 513. The van der Waals surface area contributed by atoms with E-state index in [2.05, 4.69) is 0 Å². The van der Waals surface area contributed by atoms with Crippen LogP contribution in [-0.4, -0.2) is 42.3 Å². The van der Waals surface area contributed by atoms with Crippen molar-refractivity contribution >= 4 is 11.8 Å². The first kappa shape index (κ1) is 14.7. The summed E-state index contributed by atoms with van der Waals surface area (Å²) in [5.41, 5.74) is -2.34. The van der Waals surface area contributed by atoms with Crippen LogP contribution in [0.25, 0.3) is 0 Å². The number of carbonyl (C=O) groups is 2. The molecule has 5 heteroatoms. The van der Waals surface area contributed by atoms with Crippen LogP contribution in [0.5, 0.6) is 0 Å². The van der Waals surface area contributed by atoms with Crippen LogP contribution in [0, 0.1) is 23.2 Å². The summed E-state index contributed by atoms with van der Waals surface area (Å²) in [4.78, 5) is 24.6. The van der Waals surface area contributed by atoms with Crippen molar-refractivity contribution in [3.8, 4) is 0 Å². The molecule has 1 saturated heterocycles. The van der Waals surface area contributed by atoms with E-state index in [1.54, 1.807) is 20.1 Å². The molecule has 6 atom stereocenters. The Morgan fingerprint density at radius 3 is 2.81 bits per heavy atom. The summed E-state index contributed by atoms with van der Waals surface area (Å²) < 4.78 is 10.7. The van der Waals surface area contributed by atoms with Gasteiger partial charge < -0.3 is 14.6 Å². The monoisotopic (exact) mass is 294 g/mol. The van der Waals surface area contributed by atoms with Crippen LogP contribution in [0.15, 0.2) is 12.2 Å². The van der Waals surface area contributed by atoms with Gasteiger partial charge in [-0.2, -0.15) is 0 Å². The van der Waals surface area contributed by atoms with Crippen molar-refractivity contribution in [2.24, 2.45) is 23.2 Å². The minimum Gasteiger partial charge on any atom is -0.461 e. The Hall–Kier alpha value is -1.20. The maximum absolute atomic E-state index is 12.5. The van der Waals surface area contributed by atoms with Crippen molar-refractivity contribution in [1.29, 1.82) is 0 Å². The standard InChI is InChI=1S/C16H22O5/c1-9-4-5-10-11(8-20-3)14(18)21-13(10)15(2)12(17)6-7-16(9,15)19/h6-7,9-11,13,19H,4-5,8H2,1-3H3. The fraction of sp³-hybridized carbons (Fsp3) is 0.750. The molecule has 2 aliphatic carbocycles. The van der Waals surface area contributed by atoms with Crippen LogP contribution < -0.4 is 0 Å². The van der Waals surface area contributed by atoms with Crippen LogP contribution in [-0.2, 0) is 19.1 Å². The van der Waals surface area contributed by atoms with E-state index in [1.165, 1.54) is 6.08 Å². The third-order valence-corrected chi connectivity index (χ3v) is 5.88. The number of rotatable bonds is 2. The zero-order valence-electron chi connectivity index (χ0n) is 12.7. The van der Waals surface area contributed by atoms with E-state index in [0.717, 1.165) is 12.8 Å². The molecule has 5 nitrogen and oxygen atoms in total. The first-order valence-corrected chi connectivity index (χ1v) is 7.51. The number of methoxy groups -OCH3 is 1. The summed E-state index contributed by atoms with van der Waals surface area (Å²) in [7, 11) is 1.56. The molecule has 6 unspecified atom stereocenters. The number of carbonyl (C=O) groups excluding carboxylic acids is 2. The first-order chi connectivity index (χ1) is 9.86. The molecule has 0 aromatic carbocycles. The molecule has 1 heterocycles. The lowest BCUT2D eigenvalue weighted by atomic mass is 9.64. The second kappa shape index (κ2) is 4.65. The molecule has 1 aliphatic heterocycles.